The number of carbonyl (C=O) groups is 1. The SMILES string of the molecule is CCN(CC)C(=O)C1CCCN(C2(n3nnc4ccccc43)CC(C)CC(C)C2)C1. The Morgan fingerprint density at radius 1 is 1.17 bits per heavy atom. The van der Waals surface area contributed by atoms with Crippen LogP contribution < -0.4 is 0 Å². The Hall–Kier alpha value is -1.95. The van der Waals surface area contributed by atoms with E-state index >= 15 is 0 Å². The fourth-order valence-corrected chi connectivity index (χ4v) is 6.14. The number of nitrogens with zero attached hydrogens (tertiary/aromatic N) is 5. The van der Waals surface area contributed by atoms with Crippen LogP contribution in [0.15, 0.2) is 24.3 Å². The van der Waals surface area contributed by atoms with Crippen LogP contribution in [0.1, 0.15) is 59.8 Å². The van der Waals surface area contributed by atoms with Crippen LogP contribution in [-0.4, -0.2) is 56.9 Å². The summed E-state index contributed by atoms with van der Waals surface area (Å²) in [7, 11) is 0. The molecule has 6 nitrogen and oxygen atoms in total. The summed E-state index contributed by atoms with van der Waals surface area (Å²) in [5, 5.41) is 9.21. The zero-order valence-corrected chi connectivity index (χ0v) is 19.0. The van der Waals surface area contributed by atoms with Gasteiger partial charge in [0.05, 0.1) is 11.4 Å². The lowest BCUT2D eigenvalue weighted by Gasteiger charge is -2.52. The molecule has 3 unspecified atom stereocenters. The molecule has 1 saturated carbocycles. The van der Waals surface area contributed by atoms with Crippen molar-refractivity contribution in [3.63, 3.8) is 0 Å². The molecule has 3 atom stereocenters. The summed E-state index contributed by atoms with van der Waals surface area (Å²) >= 11 is 0. The van der Waals surface area contributed by atoms with E-state index in [4.69, 9.17) is 5.21 Å². The van der Waals surface area contributed by atoms with E-state index < -0.39 is 0 Å². The standard InChI is InChI=1S/C24H37N5O/c1-5-27(6-2)23(30)20-10-9-13-28(17-20)24(15-18(3)14-19(4)16-24)29-22-12-8-7-11-21(22)25-26-29/h7-8,11-12,18-20H,5-6,9-10,13-17H2,1-4H3. The summed E-state index contributed by atoms with van der Waals surface area (Å²) in [6.07, 6.45) is 5.44. The quantitative estimate of drug-likeness (QED) is 0.743. The van der Waals surface area contributed by atoms with E-state index in [-0.39, 0.29) is 11.6 Å². The molecule has 0 spiro atoms. The number of amides is 1. The van der Waals surface area contributed by atoms with Gasteiger partial charge in [-0.1, -0.05) is 31.2 Å². The number of benzene rings is 1. The molecular formula is C24H37N5O. The van der Waals surface area contributed by atoms with Crippen molar-refractivity contribution in [2.75, 3.05) is 26.2 Å². The monoisotopic (exact) mass is 411 g/mol. The predicted molar refractivity (Wildman–Crippen MR) is 120 cm³/mol. The second-order valence-corrected chi connectivity index (χ2v) is 9.62. The van der Waals surface area contributed by atoms with Gasteiger partial charge in [-0.3, -0.25) is 9.69 Å². The molecule has 0 bridgehead atoms. The summed E-state index contributed by atoms with van der Waals surface area (Å²) in [5.41, 5.74) is 1.86. The minimum Gasteiger partial charge on any atom is -0.343 e. The van der Waals surface area contributed by atoms with Crippen molar-refractivity contribution in [1.29, 1.82) is 0 Å². The topological polar surface area (TPSA) is 54.3 Å². The number of hydrogen-bond acceptors (Lipinski definition) is 4. The van der Waals surface area contributed by atoms with E-state index in [9.17, 15) is 4.79 Å². The highest BCUT2D eigenvalue weighted by molar-refractivity contribution is 5.79. The molecule has 1 aliphatic carbocycles. The number of hydrogen-bond donors (Lipinski definition) is 0. The summed E-state index contributed by atoms with van der Waals surface area (Å²) in [6, 6.07) is 8.29. The van der Waals surface area contributed by atoms with Gasteiger partial charge in [-0.15, -0.1) is 5.10 Å². The number of para-hydroxylation sites is 1. The van der Waals surface area contributed by atoms with Crippen LogP contribution in [0, 0.1) is 17.8 Å². The molecule has 1 amide bonds. The van der Waals surface area contributed by atoms with Crippen molar-refractivity contribution in [1.82, 2.24) is 24.8 Å². The largest absolute Gasteiger partial charge is 0.343 e. The Labute approximate surface area is 180 Å². The molecule has 30 heavy (non-hydrogen) atoms. The first-order valence-electron chi connectivity index (χ1n) is 11.8. The molecule has 6 heteroatoms. The van der Waals surface area contributed by atoms with Gasteiger partial charge >= 0.3 is 0 Å². The van der Waals surface area contributed by atoms with Crippen molar-refractivity contribution < 1.29 is 4.79 Å². The zero-order chi connectivity index (χ0) is 21.3. The van der Waals surface area contributed by atoms with Crippen LogP contribution >= 0.6 is 0 Å². The molecule has 164 valence electrons. The van der Waals surface area contributed by atoms with Crippen LogP contribution in [0.4, 0.5) is 0 Å². The van der Waals surface area contributed by atoms with E-state index in [1.165, 1.54) is 6.42 Å². The molecule has 1 aromatic carbocycles. The minimum atomic E-state index is -0.199. The first kappa shape index (κ1) is 21.3. The highest BCUT2D eigenvalue weighted by Gasteiger charge is 2.48. The fourth-order valence-electron chi connectivity index (χ4n) is 6.14. The Morgan fingerprint density at radius 2 is 1.87 bits per heavy atom. The Kier molecular flexibility index (Phi) is 6.14. The molecule has 2 aromatic rings. The van der Waals surface area contributed by atoms with Crippen LogP contribution in [-0.2, 0) is 10.5 Å². The number of piperidine rings is 1. The third-order valence-electron chi connectivity index (χ3n) is 7.34. The van der Waals surface area contributed by atoms with Gasteiger partial charge in [-0.25, -0.2) is 4.68 Å². The summed E-state index contributed by atoms with van der Waals surface area (Å²) in [6.45, 7) is 12.3. The summed E-state index contributed by atoms with van der Waals surface area (Å²) < 4.78 is 2.21. The van der Waals surface area contributed by atoms with Crippen LogP contribution in [0.3, 0.4) is 0 Å². The number of carbonyl (C=O) groups excluding carboxylic acids is 1. The molecule has 2 aliphatic rings. The van der Waals surface area contributed by atoms with Gasteiger partial charge in [0.15, 0.2) is 0 Å². The normalized spacial score (nSPS) is 30.5. The molecule has 1 saturated heterocycles. The van der Waals surface area contributed by atoms with Crippen LogP contribution in [0.5, 0.6) is 0 Å². The van der Waals surface area contributed by atoms with Gasteiger partial charge in [0.2, 0.25) is 5.91 Å². The lowest BCUT2D eigenvalue weighted by Crippen LogP contribution is -2.59. The maximum atomic E-state index is 13.2. The number of likely N-dealkylation sites (tertiary alicyclic amines) is 1. The smallest absolute Gasteiger partial charge is 0.226 e. The summed E-state index contributed by atoms with van der Waals surface area (Å²) in [5.74, 6) is 1.64. The number of rotatable bonds is 5. The van der Waals surface area contributed by atoms with Crippen molar-refractivity contribution in [3.8, 4) is 0 Å². The summed E-state index contributed by atoms with van der Waals surface area (Å²) in [4.78, 5) is 17.8. The van der Waals surface area contributed by atoms with E-state index in [2.05, 4.69) is 54.5 Å². The van der Waals surface area contributed by atoms with Crippen molar-refractivity contribution in [2.24, 2.45) is 17.8 Å². The molecule has 4 rings (SSSR count). The Morgan fingerprint density at radius 3 is 2.57 bits per heavy atom. The van der Waals surface area contributed by atoms with Gasteiger partial charge in [0, 0.05) is 26.2 Å². The van der Waals surface area contributed by atoms with Crippen LogP contribution in [0.2, 0.25) is 0 Å². The van der Waals surface area contributed by atoms with Crippen LogP contribution in [0.25, 0.3) is 11.0 Å². The first-order chi connectivity index (χ1) is 14.5. The van der Waals surface area contributed by atoms with Crippen molar-refractivity contribution in [3.05, 3.63) is 24.3 Å². The zero-order valence-electron chi connectivity index (χ0n) is 19.0. The first-order valence-corrected chi connectivity index (χ1v) is 11.8. The Balaban J connectivity index is 1.72. The lowest BCUT2D eigenvalue weighted by atomic mass is 9.74. The highest BCUT2D eigenvalue weighted by atomic mass is 16.2. The lowest BCUT2D eigenvalue weighted by molar-refractivity contribution is -0.141. The second kappa shape index (κ2) is 8.66. The van der Waals surface area contributed by atoms with Crippen molar-refractivity contribution in [2.45, 2.75) is 65.5 Å². The molecule has 2 fully saturated rings. The molecular weight excluding hydrogens is 374 g/mol. The predicted octanol–water partition coefficient (Wildman–Crippen LogP) is 4.12. The number of aromatic nitrogens is 3. The van der Waals surface area contributed by atoms with Gasteiger partial charge in [0.1, 0.15) is 11.2 Å². The third kappa shape index (κ3) is 3.75. The van der Waals surface area contributed by atoms with E-state index in [0.29, 0.717) is 17.7 Å². The molecule has 0 radical (unpaired) electrons. The second-order valence-electron chi connectivity index (χ2n) is 9.62. The van der Waals surface area contributed by atoms with Crippen molar-refractivity contribution >= 4 is 16.9 Å². The fraction of sp³-hybridized carbons (Fsp3) is 0.708. The molecule has 1 aliphatic heterocycles. The van der Waals surface area contributed by atoms with E-state index in [1.807, 2.05) is 17.0 Å². The highest BCUT2D eigenvalue weighted by Crippen LogP contribution is 2.45. The van der Waals surface area contributed by atoms with Gasteiger partial charge < -0.3 is 4.90 Å². The Bertz CT molecular complexity index is 863. The third-order valence-corrected chi connectivity index (χ3v) is 7.34. The van der Waals surface area contributed by atoms with Gasteiger partial charge in [-0.05, 0) is 69.9 Å². The van der Waals surface area contributed by atoms with E-state index in [0.717, 1.165) is 62.9 Å². The number of fused-ring (bicyclic) bond motifs is 1. The molecule has 0 N–H and O–H groups in total. The minimum absolute atomic E-state index is 0.0813. The van der Waals surface area contributed by atoms with Gasteiger partial charge in [-0.2, -0.15) is 0 Å². The average molecular weight is 412 g/mol. The molecule has 2 heterocycles. The van der Waals surface area contributed by atoms with E-state index in [1.54, 1.807) is 0 Å². The maximum Gasteiger partial charge on any atom is 0.226 e. The average Bonchev–Trinajstić information content (AvgIpc) is 3.18. The molecule has 1 aromatic heterocycles. The van der Waals surface area contributed by atoms with Gasteiger partial charge in [0.25, 0.3) is 0 Å². The maximum absolute atomic E-state index is 13.2.